The van der Waals surface area contributed by atoms with E-state index in [1.54, 1.807) is 0 Å². The number of carbonyl (C=O) groups excluding carboxylic acids is 1. The number of ketones is 1. The second-order valence-electron chi connectivity index (χ2n) is 2.90. The first-order valence-electron chi connectivity index (χ1n) is 3.57. The Morgan fingerprint density at radius 2 is 2.20 bits per heavy atom. The normalized spacial score (nSPS) is 23.7. The van der Waals surface area contributed by atoms with E-state index in [1.165, 1.54) is 5.57 Å². The van der Waals surface area contributed by atoms with Crippen molar-refractivity contribution in [1.29, 1.82) is 0 Å². The maximum Gasteiger partial charge on any atom is 0.181 e. The van der Waals surface area contributed by atoms with Crippen molar-refractivity contribution in [1.82, 2.24) is 0 Å². The number of hydrogen-bond acceptors (Lipinski definition) is 2. The zero-order valence-electron chi connectivity index (χ0n) is 5.98. The lowest BCUT2D eigenvalue weighted by Gasteiger charge is -1.91. The molecular weight excluding hydrogens is 126 g/mol. The van der Waals surface area contributed by atoms with E-state index in [0.717, 1.165) is 24.3 Å². The van der Waals surface area contributed by atoms with Gasteiger partial charge in [0.05, 0.1) is 0 Å². The third-order valence-corrected chi connectivity index (χ3v) is 2.02. The fraction of sp³-hybridized carbons (Fsp3) is 0.500. The predicted octanol–water partition coefficient (Wildman–Crippen LogP) is 1.47. The van der Waals surface area contributed by atoms with Crippen LogP contribution in [0.2, 0.25) is 0 Å². The minimum absolute atomic E-state index is 0.242. The maximum absolute atomic E-state index is 11.0. The van der Waals surface area contributed by atoms with Crippen molar-refractivity contribution in [3.05, 3.63) is 11.3 Å². The molecule has 0 spiro atoms. The number of rotatable bonds is 0. The van der Waals surface area contributed by atoms with E-state index >= 15 is 0 Å². The predicted molar refractivity (Wildman–Crippen MR) is 39.0 cm³/mol. The van der Waals surface area contributed by atoms with Gasteiger partial charge < -0.3 is 0 Å². The Hall–Kier alpha value is -0.920. The van der Waals surface area contributed by atoms with Crippen LogP contribution >= 0.6 is 0 Å². The third kappa shape index (κ3) is 0.649. The number of nitrogens with zero attached hydrogens (tertiary/aromatic N) is 1. The first-order chi connectivity index (χ1) is 4.77. The molecule has 0 aromatic heterocycles. The lowest BCUT2D eigenvalue weighted by molar-refractivity contribution is -0.114. The minimum Gasteiger partial charge on any atom is -0.292 e. The van der Waals surface area contributed by atoms with E-state index in [4.69, 9.17) is 0 Å². The van der Waals surface area contributed by atoms with Gasteiger partial charge in [0.25, 0.3) is 0 Å². The monoisotopic (exact) mass is 135 g/mol. The van der Waals surface area contributed by atoms with Crippen LogP contribution < -0.4 is 0 Å². The van der Waals surface area contributed by atoms with Crippen LogP contribution in [0.3, 0.4) is 0 Å². The molecular formula is C8H9NO. The van der Waals surface area contributed by atoms with Crippen molar-refractivity contribution in [2.24, 2.45) is 4.99 Å². The summed E-state index contributed by atoms with van der Waals surface area (Å²) in [6, 6.07) is 0. The van der Waals surface area contributed by atoms with Crippen molar-refractivity contribution >= 4 is 11.5 Å². The third-order valence-electron chi connectivity index (χ3n) is 2.02. The fourth-order valence-corrected chi connectivity index (χ4v) is 1.55. The summed E-state index contributed by atoms with van der Waals surface area (Å²) in [5.74, 6) is 0.242. The summed E-state index contributed by atoms with van der Waals surface area (Å²) < 4.78 is 0. The summed E-state index contributed by atoms with van der Waals surface area (Å²) in [7, 11) is 0. The molecule has 2 rings (SSSR count). The van der Waals surface area contributed by atoms with Crippen molar-refractivity contribution < 1.29 is 4.79 Å². The Kier molecular flexibility index (Phi) is 1.04. The average molecular weight is 135 g/mol. The summed E-state index contributed by atoms with van der Waals surface area (Å²) in [4.78, 5) is 15.2. The molecule has 0 unspecified atom stereocenters. The summed E-state index contributed by atoms with van der Waals surface area (Å²) in [5, 5.41) is 0. The Morgan fingerprint density at radius 3 is 2.90 bits per heavy atom. The quantitative estimate of drug-likeness (QED) is 0.494. The van der Waals surface area contributed by atoms with Crippen LogP contribution in [-0.4, -0.2) is 11.5 Å². The highest BCUT2D eigenvalue weighted by Gasteiger charge is 2.26. The Morgan fingerprint density at radius 1 is 1.40 bits per heavy atom. The smallest absolute Gasteiger partial charge is 0.181 e. The van der Waals surface area contributed by atoms with Gasteiger partial charge >= 0.3 is 0 Å². The number of aliphatic imine (C=N–C) groups is 1. The molecule has 0 N–H and O–H groups in total. The maximum atomic E-state index is 11.0. The van der Waals surface area contributed by atoms with Gasteiger partial charge in [-0.3, -0.25) is 9.79 Å². The molecule has 0 atom stereocenters. The van der Waals surface area contributed by atoms with Crippen molar-refractivity contribution in [3.63, 3.8) is 0 Å². The van der Waals surface area contributed by atoms with Gasteiger partial charge in [-0.1, -0.05) is 0 Å². The highest BCUT2D eigenvalue weighted by molar-refractivity contribution is 6.05. The van der Waals surface area contributed by atoms with E-state index in [0.29, 0.717) is 6.42 Å². The summed E-state index contributed by atoms with van der Waals surface area (Å²) >= 11 is 0. The van der Waals surface area contributed by atoms with E-state index < -0.39 is 0 Å². The van der Waals surface area contributed by atoms with Crippen LogP contribution in [0.15, 0.2) is 16.3 Å². The van der Waals surface area contributed by atoms with Crippen molar-refractivity contribution in [2.45, 2.75) is 26.2 Å². The molecule has 0 saturated carbocycles. The van der Waals surface area contributed by atoms with Gasteiger partial charge in [-0.2, -0.15) is 0 Å². The highest BCUT2D eigenvalue weighted by atomic mass is 16.1. The topological polar surface area (TPSA) is 29.4 Å². The fourth-order valence-electron chi connectivity index (χ4n) is 1.55. The second kappa shape index (κ2) is 1.78. The van der Waals surface area contributed by atoms with E-state index in [-0.39, 0.29) is 5.78 Å². The van der Waals surface area contributed by atoms with Crippen LogP contribution in [0, 0.1) is 0 Å². The summed E-state index contributed by atoms with van der Waals surface area (Å²) in [6.45, 7) is 1.98. The standard InChI is InChI=1S/C8H9NO/c1-5-4-6-2-3-7(10)8(6)9-5/h2-4H2,1H3. The van der Waals surface area contributed by atoms with Gasteiger partial charge in [0, 0.05) is 18.6 Å². The molecule has 0 bridgehead atoms. The molecule has 0 aromatic rings. The molecule has 0 saturated heterocycles. The Bertz CT molecular complexity index is 260. The second-order valence-corrected chi connectivity index (χ2v) is 2.90. The van der Waals surface area contributed by atoms with Gasteiger partial charge in [-0.05, 0) is 18.9 Å². The van der Waals surface area contributed by atoms with Gasteiger partial charge in [0.1, 0.15) is 5.70 Å². The Balaban J connectivity index is 2.39. The van der Waals surface area contributed by atoms with Gasteiger partial charge in [-0.15, -0.1) is 0 Å². The average Bonchev–Trinajstić information content (AvgIpc) is 2.35. The lowest BCUT2D eigenvalue weighted by Crippen LogP contribution is -1.93. The molecule has 0 amide bonds. The number of hydrogen-bond donors (Lipinski definition) is 0. The van der Waals surface area contributed by atoms with Gasteiger partial charge in [-0.25, -0.2) is 0 Å². The van der Waals surface area contributed by atoms with E-state index in [2.05, 4.69) is 4.99 Å². The van der Waals surface area contributed by atoms with Crippen LogP contribution in [-0.2, 0) is 4.79 Å². The van der Waals surface area contributed by atoms with E-state index in [9.17, 15) is 4.79 Å². The van der Waals surface area contributed by atoms with Gasteiger partial charge in [0.15, 0.2) is 5.78 Å². The molecule has 0 aromatic carbocycles. The Labute approximate surface area is 59.6 Å². The number of carbonyl (C=O) groups is 1. The molecule has 1 aliphatic heterocycles. The summed E-state index contributed by atoms with van der Waals surface area (Å²) in [5.41, 5.74) is 3.14. The first kappa shape index (κ1) is 5.83. The minimum atomic E-state index is 0.242. The summed E-state index contributed by atoms with van der Waals surface area (Å²) in [6.07, 6.45) is 2.59. The van der Waals surface area contributed by atoms with Crippen LogP contribution in [0.25, 0.3) is 0 Å². The molecule has 2 nitrogen and oxygen atoms in total. The molecule has 0 fully saturated rings. The zero-order chi connectivity index (χ0) is 7.14. The van der Waals surface area contributed by atoms with Crippen LogP contribution in [0.4, 0.5) is 0 Å². The van der Waals surface area contributed by atoms with Crippen molar-refractivity contribution in [3.8, 4) is 0 Å². The lowest BCUT2D eigenvalue weighted by atomic mass is 10.1. The molecule has 2 aliphatic rings. The molecule has 2 heteroatoms. The van der Waals surface area contributed by atoms with Crippen molar-refractivity contribution in [2.75, 3.05) is 0 Å². The molecule has 0 radical (unpaired) electrons. The number of Topliss-reactive ketones (excluding diaryl/α,β-unsaturated/α-hetero) is 1. The first-order valence-corrected chi connectivity index (χ1v) is 3.57. The van der Waals surface area contributed by atoms with Crippen LogP contribution in [0.5, 0.6) is 0 Å². The SMILES string of the molecule is CC1=NC2=C(CCC2=O)C1. The molecule has 10 heavy (non-hydrogen) atoms. The highest BCUT2D eigenvalue weighted by Crippen LogP contribution is 2.31. The molecule has 1 aliphatic carbocycles. The largest absolute Gasteiger partial charge is 0.292 e. The van der Waals surface area contributed by atoms with Crippen LogP contribution in [0.1, 0.15) is 26.2 Å². The van der Waals surface area contributed by atoms with E-state index in [1.807, 2.05) is 6.92 Å². The number of allylic oxidation sites excluding steroid dienone is 2. The molecule has 52 valence electrons. The zero-order valence-corrected chi connectivity index (χ0v) is 5.98. The van der Waals surface area contributed by atoms with Gasteiger partial charge in [0.2, 0.25) is 0 Å². The molecule has 1 heterocycles.